The number of nitrogens with zero attached hydrogens (tertiary/aromatic N) is 2. The maximum absolute atomic E-state index is 11.0. The molecule has 1 N–H and O–H groups in total. The Morgan fingerprint density at radius 3 is 2.78 bits per heavy atom. The van der Waals surface area contributed by atoms with Crippen LogP contribution in [0.5, 0.6) is 0 Å². The molecule has 1 aromatic carbocycles. The van der Waals surface area contributed by atoms with E-state index in [1.165, 1.54) is 11.6 Å². The van der Waals surface area contributed by atoms with Crippen molar-refractivity contribution in [3.05, 3.63) is 60.9 Å². The van der Waals surface area contributed by atoms with Gasteiger partial charge in [-0.05, 0) is 36.3 Å². The highest BCUT2D eigenvalue weighted by molar-refractivity contribution is 5.86. The van der Waals surface area contributed by atoms with Crippen molar-refractivity contribution < 1.29 is 4.79 Å². The fraction of sp³-hybridized carbons (Fsp3) is 0.143. The third kappa shape index (κ3) is 3.07. The highest BCUT2D eigenvalue weighted by atomic mass is 16.1. The molecule has 0 aliphatic heterocycles. The molecule has 0 fully saturated rings. The summed E-state index contributed by atoms with van der Waals surface area (Å²) in [5, 5.41) is 6.91. The summed E-state index contributed by atoms with van der Waals surface area (Å²) in [7, 11) is 0. The molecule has 18 heavy (non-hydrogen) atoms. The van der Waals surface area contributed by atoms with Gasteiger partial charge in [0.1, 0.15) is 0 Å². The van der Waals surface area contributed by atoms with Crippen molar-refractivity contribution in [2.24, 2.45) is 0 Å². The molecule has 2 rings (SSSR count). The van der Waals surface area contributed by atoms with Crippen LogP contribution in [-0.4, -0.2) is 22.2 Å². The molecule has 4 nitrogen and oxygen atoms in total. The van der Waals surface area contributed by atoms with Gasteiger partial charge in [0.05, 0.1) is 5.69 Å². The van der Waals surface area contributed by atoms with Crippen LogP contribution in [-0.2, 0) is 11.2 Å². The zero-order valence-corrected chi connectivity index (χ0v) is 10.0. The topological polar surface area (TPSA) is 46.9 Å². The quantitative estimate of drug-likeness (QED) is 0.810. The molecule has 2 aromatic rings. The highest BCUT2D eigenvalue weighted by Gasteiger charge is 1.98. The summed E-state index contributed by atoms with van der Waals surface area (Å²) in [6.45, 7) is 4.02. The molecule has 0 saturated heterocycles. The molecule has 0 bridgehead atoms. The second kappa shape index (κ2) is 5.82. The lowest BCUT2D eigenvalue weighted by Crippen LogP contribution is -2.23. The standard InChI is InChI=1S/C14H15N3O/c1-2-14(18)15-10-8-12-4-6-13(7-5-12)17-11-3-9-16-17/h2-7,9,11H,1,8,10H2,(H,15,18). The number of carbonyl (C=O) groups excluding carboxylic acids is 1. The first-order valence-electron chi connectivity index (χ1n) is 5.79. The summed E-state index contributed by atoms with van der Waals surface area (Å²) in [5.74, 6) is -0.136. The van der Waals surface area contributed by atoms with Gasteiger partial charge in [0.25, 0.3) is 0 Å². The Kier molecular flexibility index (Phi) is 3.91. The number of amides is 1. The van der Waals surface area contributed by atoms with E-state index in [0.29, 0.717) is 6.54 Å². The van der Waals surface area contributed by atoms with E-state index in [1.54, 1.807) is 6.20 Å². The molecule has 0 radical (unpaired) electrons. The second-order valence-electron chi connectivity index (χ2n) is 3.86. The summed E-state index contributed by atoms with van der Waals surface area (Å²) >= 11 is 0. The van der Waals surface area contributed by atoms with Crippen molar-refractivity contribution in [1.29, 1.82) is 0 Å². The van der Waals surface area contributed by atoms with Crippen LogP contribution in [0.25, 0.3) is 5.69 Å². The number of rotatable bonds is 5. The smallest absolute Gasteiger partial charge is 0.243 e. The first kappa shape index (κ1) is 12.1. The first-order valence-corrected chi connectivity index (χ1v) is 5.79. The maximum Gasteiger partial charge on any atom is 0.243 e. The second-order valence-corrected chi connectivity index (χ2v) is 3.86. The number of benzene rings is 1. The molecule has 0 atom stereocenters. The number of hydrogen-bond acceptors (Lipinski definition) is 2. The molecule has 1 aromatic heterocycles. The van der Waals surface area contributed by atoms with Crippen LogP contribution in [0.15, 0.2) is 55.4 Å². The van der Waals surface area contributed by atoms with Crippen LogP contribution in [0, 0.1) is 0 Å². The van der Waals surface area contributed by atoms with Crippen LogP contribution in [0.3, 0.4) is 0 Å². The SMILES string of the molecule is C=CC(=O)NCCc1ccc(-n2cccn2)cc1. The fourth-order valence-electron chi connectivity index (χ4n) is 1.64. The average molecular weight is 241 g/mol. The minimum Gasteiger partial charge on any atom is -0.352 e. The van der Waals surface area contributed by atoms with Gasteiger partial charge in [0, 0.05) is 18.9 Å². The molecular formula is C14H15N3O. The predicted molar refractivity (Wildman–Crippen MR) is 70.5 cm³/mol. The first-order chi connectivity index (χ1) is 8.79. The van der Waals surface area contributed by atoms with E-state index in [2.05, 4.69) is 17.0 Å². The van der Waals surface area contributed by atoms with E-state index in [1.807, 2.05) is 41.2 Å². The van der Waals surface area contributed by atoms with Gasteiger partial charge in [0.2, 0.25) is 5.91 Å². The van der Waals surface area contributed by atoms with Gasteiger partial charge in [0.15, 0.2) is 0 Å². The zero-order valence-electron chi connectivity index (χ0n) is 10.0. The van der Waals surface area contributed by atoms with Gasteiger partial charge >= 0.3 is 0 Å². The van der Waals surface area contributed by atoms with Crippen LogP contribution in [0.1, 0.15) is 5.56 Å². The van der Waals surface area contributed by atoms with Crippen molar-refractivity contribution in [1.82, 2.24) is 15.1 Å². The summed E-state index contributed by atoms with van der Waals surface area (Å²) in [4.78, 5) is 11.0. The van der Waals surface area contributed by atoms with E-state index in [0.717, 1.165) is 12.1 Å². The van der Waals surface area contributed by atoms with Crippen molar-refractivity contribution in [2.45, 2.75) is 6.42 Å². The third-order valence-electron chi connectivity index (χ3n) is 2.60. The highest BCUT2D eigenvalue weighted by Crippen LogP contribution is 2.08. The van der Waals surface area contributed by atoms with Crippen LogP contribution in [0.4, 0.5) is 0 Å². The molecule has 1 amide bonds. The summed E-state index contributed by atoms with van der Waals surface area (Å²) in [5.41, 5.74) is 2.20. The van der Waals surface area contributed by atoms with Crippen molar-refractivity contribution >= 4 is 5.91 Å². The number of aromatic nitrogens is 2. The Labute approximate surface area is 106 Å². The molecule has 1 heterocycles. The monoisotopic (exact) mass is 241 g/mol. The lowest BCUT2D eigenvalue weighted by molar-refractivity contribution is -0.116. The lowest BCUT2D eigenvalue weighted by Gasteiger charge is -2.05. The summed E-state index contributed by atoms with van der Waals surface area (Å²) in [6, 6.07) is 9.99. The minimum absolute atomic E-state index is 0.136. The van der Waals surface area contributed by atoms with E-state index < -0.39 is 0 Å². The van der Waals surface area contributed by atoms with Crippen molar-refractivity contribution in [3.63, 3.8) is 0 Å². The molecule has 92 valence electrons. The van der Waals surface area contributed by atoms with Gasteiger partial charge < -0.3 is 5.32 Å². The van der Waals surface area contributed by atoms with Gasteiger partial charge in [-0.15, -0.1) is 0 Å². The predicted octanol–water partition coefficient (Wildman–Crippen LogP) is 1.72. The Balaban J connectivity index is 1.92. The molecule has 0 unspecified atom stereocenters. The van der Waals surface area contributed by atoms with E-state index in [4.69, 9.17) is 0 Å². The number of nitrogens with one attached hydrogen (secondary N) is 1. The van der Waals surface area contributed by atoms with Crippen LogP contribution < -0.4 is 5.32 Å². The Bertz CT molecular complexity index is 514. The molecule has 4 heteroatoms. The number of hydrogen-bond donors (Lipinski definition) is 1. The Hall–Kier alpha value is -2.36. The fourth-order valence-corrected chi connectivity index (χ4v) is 1.64. The number of carbonyl (C=O) groups is 1. The Morgan fingerprint density at radius 2 is 2.17 bits per heavy atom. The van der Waals surface area contributed by atoms with E-state index in [9.17, 15) is 4.79 Å². The normalized spacial score (nSPS) is 10.0. The van der Waals surface area contributed by atoms with Crippen LogP contribution in [0.2, 0.25) is 0 Å². The van der Waals surface area contributed by atoms with Crippen molar-refractivity contribution in [2.75, 3.05) is 6.54 Å². The van der Waals surface area contributed by atoms with E-state index in [-0.39, 0.29) is 5.91 Å². The van der Waals surface area contributed by atoms with Crippen molar-refractivity contribution in [3.8, 4) is 5.69 Å². The average Bonchev–Trinajstić information content (AvgIpc) is 2.93. The molecule has 0 saturated carbocycles. The van der Waals surface area contributed by atoms with E-state index >= 15 is 0 Å². The maximum atomic E-state index is 11.0. The summed E-state index contributed by atoms with van der Waals surface area (Å²) in [6.07, 6.45) is 5.73. The minimum atomic E-state index is -0.136. The lowest BCUT2D eigenvalue weighted by atomic mass is 10.1. The largest absolute Gasteiger partial charge is 0.352 e. The molecule has 0 spiro atoms. The third-order valence-corrected chi connectivity index (χ3v) is 2.60. The van der Waals surface area contributed by atoms with Gasteiger partial charge in [-0.2, -0.15) is 5.10 Å². The molecular weight excluding hydrogens is 226 g/mol. The van der Waals surface area contributed by atoms with Gasteiger partial charge in [-0.3, -0.25) is 4.79 Å². The Morgan fingerprint density at radius 1 is 1.39 bits per heavy atom. The zero-order chi connectivity index (χ0) is 12.8. The van der Waals surface area contributed by atoms with Crippen LogP contribution >= 0.6 is 0 Å². The van der Waals surface area contributed by atoms with Gasteiger partial charge in [-0.25, -0.2) is 4.68 Å². The van der Waals surface area contributed by atoms with Gasteiger partial charge in [-0.1, -0.05) is 18.7 Å². The molecule has 0 aliphatic rings. The summed E-state index contributed by atoms with van der Waals surface area (Å²) < 4.78 is 1.81. The molecule has 0 aliphatic carbocycles.